The van der Waals surface area contributed by atoms with Crippen LogP contribution >= 0.6 is 11.6 Å². The number of nitrogens with zero attached hydrogens (tertiary/aromatic N) is 1. The van der Waals surface area contributed by atoms with Gasteiger partial charge >= 0.3 is 7.32 Å². The molecular formula is C19H16BClN2O5. The second kappa shape index (κ2) is 9.23. The topological polar surface area (TPSA) is 101 Å². The van der Waals surface area contributed by atoms with Crippen LogP contribution in [0.3, 0.4) is 0 Å². The van der Waals surface area contributed by atoms with Crippen molar-refractivity contribution in [3.8, 4) is 11.5 Å². The third-order valence-corrected chi connectivity index (χ3v) is 3.99. The third kappa shape index (κ3) is 5.47. The lowest BCUT2D eigenvalue weighted by Gasteiger charge is -2.11. The van der Waals surface area contributed by atoms with Gasteiger partial charge in [0.05, 0.1) is 16.4 Å². The van der Waals surface area contributed by atoms with Crippen molar-refractivity contribution in [2.75, 3.05) is 5.32 Å². The summed E-state index contributed by atoms with van der Waals surface area (Å²) in [5.41, 5.74) is 1.48. The summed E-state index contributed by atoms with van der Waals surface area (Å²) in [6.07, 6.45) is 1.69. The van der Waals surface area contributed by atoms with E-state index in [1.54, 1.807) is 30.5 Å². The van der Waals surface area contributed by atoms with Crippen molar-refractivity contribution in [3.63, 3.8) is 0 Å². The fourth-order valence-corrected chi connectivity index (χ4v) is 2.50. The molecule has 0 aliphatic carbocycles. The highest BCUT2D eigenvalue weighted by Gasteiger charge is 2.14. The number of carbonyl (C=O) groups is 1. The highest BCUT2D eigenvalue weighted by molar-refractivity contribution is 6.35. The Morgan fingerprint density at radius 1 is 1.07 bits per heavy atom. The highest BCUT2D eigenvalue weighted by atomic mass is 35.5. The maximum Gasteiger partial charge on any atom is 0.707 e. The van der Waals surface area contributed by atoms with Gasteiger partial charge in [-0.15, -0.1) is 0 Å². The molecule has 0 atom stereocenters. The second-order valence-electron chi connectivity index (χ2n) is 5.67. The number of pyridine rings is 1. The van der Waals surface area contributed by atoms with Crippen molar-refractivity contribution in [3.05, 3.63) is 83.1 Å². The van der Waals surface area contributed by atoms with Crippen molar-refractivity contribution >= 4 is 30.5 Å². The number of ether oxygens (including phenoxy) is 1. The van der Waals surface area contributed by atoms with Gasteiger partial charge in [-0.2, -0.15) is 0 Å². The lowest BCUT2D eigenvalue weighted by Crippen LogP contribution is -2.20. The monoisotopic (exact) mass is 398 g/mol. The molecule has 0 saturated carbocycles. The molecule has 0 radical (unpaired) electrons. The zero-order valence-corrected chi connectivity index (χ0v) is 15.3. The van der Waals surface area contributed by atoms with Crippen molar-refractivity contribution in [2.24, 2.45) is 0 Å². The Labute approximate surface area is 166 Å². The van der Waals surface area contributed by atoms with Gasteiger partial charge in [-0.05, 0) is 48.5 Å². The first-order valence-corrected chi connectivity index (χ1v) is 8.65. The summed E-state index contributed by atoms with van der Waals surface area (Å²) in [7, 11) is -1.97. The third-order valence-electron chi connectivity index (χ3n) is 3.66. The Morgan fingerprint density at radius 3 is 2.50 bits per heavy atom. The lowest BCUT2D eigenvalue weighted by atomic mass is 10.2. The van der Waals surface area contributed by atoms with Crippen LogP contribution in [0.1, 0.15) is 16.1 Å². The molecule has 0 spiro atoms. The Morgan fingerprint density at radius 2 is 1.82 bits per heavy atom. The van der Waals surface area contributed by atoms with Crippen molar-refractivity contribution in [1.82, 2.24) is 4.98 Å². The van der Waals surface area contributed by atoms with E-state index in [2.05, 4.69) is 10.3 Å². The maximum absolute atomic E-state index is 12.4. The van der Waals surface area contributed by atoms with E-state index in [-0.39, 0.29) is 22.4 Å². The standard InChI is InChI=1S/C19H16BClN2O5/c21-17-9-8-16(28-20(25)26)11-18(17)23-19(24)13-4-6-15(7-5-13)27-12-14-3-1-2-10-22-14/h1-11,25-26H,12H2,(H,23,24). The van der Waals surface area contributed by atoms with Crippen LogP contribution in [0.2, 0.25) is 5.02 Å². The summed E-state index contributed by atoms with van der Waals surface area (Å²) in [6.45, 7) is 0.325. The van der Waals surface area contributed by atoms with E-state index in [9.17, 15) is 4.79 Å². The molecule has 1 aromatic heterocycles. The van der Waals surface area contributed by atoms with Gasteiger partial charge in [0.2, 0.25) is 0 Å². The molecular weight excluding hydrogens is 382 g/mol. The van der Waals surface area contributed by atoms with Gasteiger partial charge in [0.1, 0.15) is 18.1 Å². The van der Waals surface area contributed by atoms with Gasteiger partial charge in [0, 0.05) is 17.8 Å². The first-order valence-electron chi connectivity index (χ1n) is 8.28. The van der Waals surface area contributed by atoms with Gasteiger partial charge in [-0.1, -0.05) is 17.7 Å². The predicted octanol–water partition coefficient (Wildman–Crippen LogP) is 2.91. The van der Waals surface area contributed by atoms with Gasteiger partial charge in [0.15, 0.2) is 0 Å². The fraction of sp³-hybridized carbons (Fsp3) is 0.0526. The first-order chi connectivity index (χ1) is 13.5. The van der Waals surface area contributed by atoms with E-state index >= 15 is 0 Å². The zero-order valence-electron chi connectivity index (χ0n) is 14.6. The Balaban J connectivity index is 1.63. The number of nitrogens with one attached hydrogen (secondary N) is 1. The number of benzene rings is 2. The molecule has 7 nitrogen and oxygen atoms in total. The number of halogens is 1. The molecule has 28 heavy (non-hydrogen) atoms. The van der Waals surface area contributed by atoms with Crippen LogP contribution in [-0.2, 0) is 6.61 Å². The average Bonchev–Trinajstić information content (AvgIpc) is 2.69. The SMILES string of the molecule is O=C(Nc1cc(OB(O)O)ccc1Cl)c1ccc(OCc2ccccn2)cc1. The van der Waals surface area contributed by atoms with Crippen molar-refractivity contribution < 1.29 is 24.2 Å². The van der Waals surface area contributed by atoms with Crippen LogP contribution in [0.15, 0.2) is 66.9 Å². The van der Waals surface area contributed by atoms with E-state index in [0.717, 1.165) is 5.69 Å². The second-order valence-corrected chi connectivity index (χ2v) is 6.08. The van der Waals surface area contributed by atoms with Gasteiger partial charge in [0.25, 0.3) is 5.91 Å². The Kier molecular flexibility index (Phi) is 6.49. The molecule has 9 heteroatoms. The molecule has 1 amide bonds. The van der Waals surface area contributed by atoms with Crippen molar-refractivity contribution in [1.29, 1.82) is 0 Å². The zero-order chi connectivity index (χ0) is 19.9. The van der Waals surface area contributed by atoms with Gasteiger partial charge in [-0.3, -0.25) is 9.78 Å². The number of carbonyl (C=O) groups excluding carboxylic acids is 1. The molecule has 0 unspecified atom stereocenters. The summed E-state index contributed by atoms with van der Waals surface area (Å²) in [5, 5.41) is 20.7. The molecule has 0 aliphatic heterocycles. The molecule has 1 heterocycles. The molecule has 3 aromatic rings. The van der Waals surface area contributed by atoms with E-state index < -0.39 is 7.32 Å². The smallest absolute Gasteiger partial charge is 0.512 e. The predicted molar refractivity (Wildman–Crippen MR) is 105 cm³/mol. The maximum atomic E-state index is 12.4. The van der Waals surface area contributed by atoms with E-state index in [1.807, 2.05) is 18.2 Å². The number of anilines is 1. The van der Waals surface area contributed by atoms with Crippen LogP contribution in [-0.4, -0.2) is 28.3 Å². The minimum atomic E-state index is -1.97. The van der Waals surface area contributed by atoms with Crippen LogP contribution < -0.4 is 14.7 Å². The number of hydrogen-bond donors (Lipinski definition) is 3. The summed E-state index contributed by atoms with van der Waals surface area (Å²) >= 11 is 6.07. The minimum Gasteiger partial charge on any atom is -0.512 e. The molecule has 0 aliphatic rings. The normalized spacial score (nSPS) is 10.2. The summed E-state index contributed by atoms with van der Waals surface area (Å²) in [4.78, 5) is 16.6. The first kappa shape index (κ1) is 19.7. The number of rotatable bonds is 7. The van der Waals surface area contributed by atoms with Gasteiger partial charge in [-0.25, -0.2) is 0 Å². The number of hydrogen-bond acceptors (Lipinski definition) is 6. The van der Waals surface area contributed by atoms with E-state index in [0.29, 0.717) is 17.9 Å². The van der Waals surface area contributed by atoms with Crippen LogP contribution in [0.25, 0.3) is 0 Å². The Bertz CT molecular complexity index is 939. The number of amides is 1. The van der Waals surface area contributed by atoms with Crippen LogP contribution in [0.5, 0.6) is 11.5 Å². The minimum absolute atomic E-state index is 0.146. The molecule has 142 valence electrons. The quantitative estimate of drug-likeness (QED) is 0.529. The Hall–Kier alpha value is -3.07. The molecule has 0 fully saturated rings. The molecule has 3 rings (SSSR count). The fourth-order valence-electron chi connectivity index (χ4n) is 2.33. The van der Waals surface area contributed by atoms with E-state index in [4.69, 9.17) is 31.0 Å². The summed E-state index contributed by atoms with van der Waals surface area (Å²) < 4.78 is 10.4. The summed E-state index contributed by atoms with van der Waals surface area (Å²) in [6, 6.07) is 16.5. The highest BCUT2D eigenvalue weighted by Crippen LogP contribution is 2.27. The molecule has 2 aromatic carbocycles. The summed E-state index contributed by atoms with van der Waals surface area (Å²) in [5.74, 6) is 0.361. The molecule has 0 bridgehead atoms. The van der Waals surface area contributed by atoms with Crippen molar-refractivity contribution in [2.45, 2.75) is 6.61 Å². The average molecular weight is 399 g/mol. The van der Waals surface area contributed by atoms with Gasteiger partial charge < -0.3 is 24.8 Å². The van der Waals surface area contributed by atoms with Crippen LogP contribution in [0, 0.1) is 0 Å². The largest absolute Gasteiger partial charge is 0.707 e. The molecule has 3 N–H and O–H groups in total. The lowest BCUT2D eigenvalue weighted by molar-refractivity contribution is 0.102. The number of aromatic nitrogens is 1. The van der Waals surface area contributed by atoms with E-state index in [1.165, 1.54) is 18.2 Å². The van der Waals surface area contributed by atoms with Crippen LogP contribution in [0.4, 0.5) is 5.69 Å². The molecule has 0 saturated heterocycles.